The maximum Gasteiger partial charge on any atom is 0.330 e. The van der Waals surface area contributed by atoms with Gasteiger partial charge in [0.05, 0.1) is 11.5 Å². The molecule has 1 aromatic heterocycles. The molecule has 1 aromatic rings. The van der Waals surface area contributed by atoms with Gasteiger partial charge in [0.2, 0.25) is 0 Å². The topological polar surface area (TPSA) is 87.3 Å². The van der Waals surface area contributed by atoms with Gasteiger partial charge in [0, 0.05) is 0 Å². The van der Waals surface area contributed by atoms with Crippen molar-refractivity contribution in [3.05, 3.63) is 21.5 Å². The third kappa shape index (κ3) is 3.59. The molecule has 0 amide bonds. The summed E-state index contributed by atoms with van der Waals surface area (Å²) in [5.41, 5.74) is 0.941. The lowest BCUT2D eigenvalue weighted by Crippen LogP contribution is -2.24. The molecule has 0 aromatic carbocycles. The van der Waals surface area contributed by atoms with Crippen LogP contribution in [0.15, 0.2) is 0 Å². The van der Waals surface area contributed by atoms with Gasteiger partial charge in [0.15, 0.2) is 0 Å². The first kappa shape index (κ1) is 17.1. The molecule has 1 rings (SSSR count). The van der Waals surface area contributed by atoms with Crippen LogP contribution in [-0.2, 0) is 22.4 Å². The Morgan fingerprint density at radius 1 is 1.33 bits per heavy atom. The molecule has 0 radical (unpaired) electrons. The molecule has 0 saturated heterocycles. The molecule has 0 fully saturated rings. The molecule has 7 nitrogen and oxygen atoms in total. The zero-order valence-electron chi connectivity index (χ0n) is 13.1. The number of aromatic nitrogens is 2. The first-order valence-electron chi connectivity index (χ1n) is 7.42. The van der Waals surface area contributed by atoms with E-state index in [4.69, 9.17) is 4.74 Å². The molecule has 1 heterocycles. The Kier molecular flexibility index (Phi) is 6.33. The summed E-state index contributed by atoms with van der Waals surface area (Å²) in [6.45, 7) is 7.62. The lowest BCUT2D eigenvalue weighted by atomic mass is 10.1. The number of rotatable bonds is 8. The fourth-order valence-electron chi connectivity index (χ4n) is 2.40. The molecule has 21 heavy (non-hydrogen) atoms. The molecule has 118 valence electrons. The van der Waals surface area contributed by atoms with Crippen molar-refractivity contribution in [1.82, 2.24) is 9.78 Å². The average Bonchev–Trinajstić information content (AvgIpc) is 2.83. The van der Waals surface area contributed by atoms with Crippen LogP contribution in [0.1, 0.15) is 58.0 Å². The van der Waals surface area contributed by atoms with Gasteiger partial charge in [-0.3, -0.25) is 10.1 Å². The van der Waals surface area contributed by atoms with Gasteiger partial charge in [-0.2, -0.15) is 5.10 Å². The number of aryl methyl sites for hydroxylation is 1. The van der Waals surface area contributed by atoms with Gasteiger partial charge in [-0.05, 0) is 26.2 Å². The van der Waals surface area contributed by atoms with Gasteiger partial charge in [-0.25, -0.2) is 9.48 Å². The zero-order valence-corrected chi connectivity index (χ0v) is 13.1. The van der Waals surface area contributed by atoms with Gasteiger partial charge in [0.25, 0.3) is 0 Å². The largest absolute Gasteiger partial charge is 0.464 e. The molecule has 0 N–H and O–H groups in total. The predicted octanol–water partition coefficient (Wildman–Crippen LogP) is 2.82. The summed E-state index contributed by atoms with van der Waals surface area (Å²) in [7, 11) is 0. The van der Waals surface area contributed by atoms with E-state index in [2.05, 4.69) is 5.10 Å². The minimum absolute atomic E-state index is 0.0328. The van der Waals surface area contributed by atoms with Crippen LogP contribution in [0.4, 0.5) is 5.69 Å². The number of esters is 1. The SMILES string of the molecule is CCCC(C(=O)OCC)n1nc(CC)c([N+](=O)[O-])c1CC. The maximum absolute atomic E-state index is 12.1. The van der Waals surface area contributed by atoms with Crippen molar-refractivity contribution in [2.24, 2.45) is 0 Å². The Morgan fingerprint density at radius 3 is 2.43 bits per heavy atom. The number of nitro groups is 1. The number of nitrogens with zero attached hydrogens (tertiary/aromatic N) is 3. The molecule has 0 spiro atoms. The number of hydrogen-bond donors (Lipinski definition) is 0. The molecular weight excluding hydrogens is 274 g/mol. The van der Waals surface area contributed by atoms with E-state index in [-0.39, 0.29) is 18.3 Å². The fourth-order valence-corrected chi connectivity index (χ4v) is 2.40. The Balaban J connectivity index is 3.36. The molecule has 0 saturated carbocycles. The first-order valence-corrected chi connectivity index (χ1v) is 7.42. The van der Waals surface area contributed by atoms with Gasteiger partial charge < -0.3 is 4.74 Å². The summed E-state index contributed by atoms with van der Waals surface area (Å²) in [5.74, 6) is -0.380. The van der Waals surface area contributed by atoms with E-state index in [1.807, 2.05) is 20.8 Å². The van der Waals surface area contributed by atoms with Crippen molar-refractivity contribution in [2.75, 3.05) is 6.61 Å². The lowest BCUT2D eigenvalue weighted by Gasteiger charge is -2.17. The summed E-state index contributed by atoms with van der Waals surface area (Å²) in [6, 6.07) is -0.594. The monoisotopic (exact) mass is 297 g/mol. The van der Waals surface area contributed by atoms with E-state index < -0.39 is 11.0 Å². The molecule has 1 unspecified atom stereocenters. The highest BCUT2D eigenvalue weighted by Crippen LogP contribution is 2.29. The van der Waals surface area contributed by atoms with Crippen LogP contribution in [0.3, 0.4) is 0 Å². The fraction of sp³-hybridized carbons (Fsp3) is 0.714. The van der Waals surface area contributed by atoms with Gasteiger partial charge in [-0.15, -0.1) is 0 Å². The Morgan fingerprint density at radius 2 is 2.00 bits per heavy atom. The second-order valence-corrected chi connectivity index (χ2v) is 4.71. The van der Waals surface area contributed by atoms with Crippen LogP contribution in [0.2, 0.25) is 0 Å². The summed E-state index contributed by atoms with van der Waals surface area (Å²) < 4.78 is 6.58. The summed E-state index contributed by atoms with van der Waals surface area (Å²) in [6.07, 6.45) is 2.22. The molecule has 0 bridgehead atoms. The van der Waals surface area contributed by atoms with Crippen LogP contribution in [0, 0.1) is 10.1 Å². The van der Waals surface area contributed by atoms with Crippen LogP contribution in [-0.4, -0.2) is 27.3 Å². The number of carbonyl (C=O) groups excluding carboxylic acids is 1. The quantitative estimate of drug-likeness (QED) is 0.418. The third-order valence-electron chi connectivity index (χ3n) is 3.32. The average molecular weight is 297 g/mol. The normalized spacial score (nSPS) is 12.2. The van der Waals surface area contributed by atoms with Crippen molar-refractivity contribution in [2.45, 2.75) is 59.4 Å². The Bertz CT molecular complexity index is 511. The van der Waals surface area contributed by atoms with Gasteiger partial charge >= 0.3 is 11.7 Å². The Labute approximate surface area is 124 Å². The first-order chi connectivity index (χ1) is 10.0. The van der Waals surface area contributed by atoms with E-state index in [0.717, 1.165) is 6.42 Å². The van der Waals surface area contributed by atoms with Gasteiger partial charge in [-0.1, -0.05) is 27.2 Å². The molecule has 1 atom stereocenters. The number of ether oxygens (including phenoxy) is 1. The minimum Gasteiger partial charge on any atom is -0.464 e. The van der Waals surface area contributed by atoms with Crippen molar-refractivity contribution >= 4 is 11.7 Å². The summed E-state index contributed by atoms with van der Waals surface area (Å²) >= 11 is 0. The van der Waals surface area contributed by atoms with Crippen LogP contribution < -0.4 is 0 Å². The molecule has 0 aliphatic rings. The molecule has 7 heteroatoms. The van der Waals surface area contributed by atoms with E-state index >= 15 is 0 Å². The van der Waals surface area contributed by atoms with Crippen molar-refractivity contribution in [1.29, 1.82) is 0 Å². The second kappa shape index (κ2) is 7.75. The molecule has 0 aliphatic heterocycles. The molecule has 0 aliphatic carbocycles. The van der Waals surface area contributed by atoms with Crippen molar-refractivity contribution in [3.8, 4) is 0 Å². The van der Waals surface area contributed by atoms with Crippen LogP contribution in [0.5, 0.6) is 0 Å². The summed E-state index contributed by atoms with van der Waals surface area (Å²) in [4.78, 5) is 23.0. The predicted molar refractivity (Wildman–Crippen MR) is 78.2 cm³/mol. The van der Waals surface area contributed by atoms with Crippen LogP contribution >= 0.6 is 0 Å². The maximum atomic E-state index is 12.1. The van der Waals surface area contributed by atoms with E-state index in [9.17, 15) is 14.9 Å². The standard InChI is InChI=1S/C14H23N3O4/c1-5-9-12(14(18)21-8-4)16-11(7-3)13(17(19)20)10(6-2)15-16/h12H,5-9H2,1-4H3. The lowest BCUT2D eigenvalue weighted by molar-refractivity contribution is -0.386. The Hall–Kier alpha value is -1.92. The highest BCUT2D eigenvalue weighted by Gasteiger charge is 2.32. The minimum atomic E-state index is -0.594. The van der Waals surface area contributed by atoms with Gasteiger partial charge in [0.1, 0.15) is 17.4 Å². The number of carbonyl (C=O) groups is 1. The highest BCUT2D eigenvalue weighted by molar-refractivity contribution is 5.74. The van der Waals surface area contributed by atoms with E-state index in [1.54, 1.807) is 6.92 Å². The van der Waals surface area contributed by atoms with E-state index in [1.165, 1.54) is 4.68 Å². The highest BCUT2D eigenvalue weighted by atomic mass is 16.6. The van der Waals surface area contributed by atoms with Crippen molar-refractivity contribution in [3.63, 3.8) is 0 Å². The van der Waals surface area contributed by atoms with Crippen LogP contribution in [0.25, 0.3) is 0 Å². The zero-order chi connectivity index (χ0) is 16.0. The van der Waals surface area contributed by atoms with E-state index in [0.29, 0.717) is 30.7 Å². The summed E-state index contributed by atoms with van der Waals surface area (Å²) in [5, 5.41) is 15.6. The van der Waals surface area contributed by atoms with Crippen molar-refractivity contribution < 1.29 is 14.5 Å². The smallest absolute Gasteiger partial charge is 0.330 e. The number of hydrogen-bond acceptors (Lipinski definition) is 5. The third-order valence-corrected chi connectivity index (χ3v) is 3.32. The second-order valence-electron chi connectivity index (χ2n) is 4.71. The molecular formula is C14H23N3O4.